The Balaban J connectivity index is 4.68. The number of hydrogen-bond donors (Lipinski definition) is 1. The Morgan fingerprint density at radius 3 is 2.48 bits per heavy atom. The molecule has 0 radical (unpaired) electrons. The van der Waals surface area contributed by atoms with Crippen molar-refractivity contribution in [2.75, 3.05) is 40.0 Å². The molecule has 5 nitrogen and oxygen atoms in total. The Hall–Kier alpha value is -0.650. The summed E-state index contributed by atoms with van der Waals surface area (Å²) >= 11 is 0. The Morgan fingerprint density at radius 1 is 1.33 bits per heavy atom. The van der Waals surface area contributed by atoms with Crippen LogP contribution in [0.4, 0.5) is 0 Å². The molecule has 0 rings (SSSR count). The minimum absolute atomic E-state index is 0.158. The van der Waals surface area contributed by atoms with Gasteiger partial charge in [0, 0.05) is 19.7 Å². The third kappa shape index (κ3) is 7.25. The fourth-order valence-corrected chi connectivity index (χ4v) is 2.36. The molecular weight excluding hydrogens is 268 g/mol. The summed E-state index contributed by atoms with van der Waals surface area (Å²) in [7, 11) is 1.72. The fraction of sp³-hybridized carbons (Fsp3) is 0.938. The van der Waals surface area contributed by atoms with E-state index in [1.807, 2.05) is 13.8 Å². The molecular formula is C16H34N2O3. The maximum Gasteiger partial charge on any atom is 0.326 e. The molecule has 0 heterocycles. The van der Waals surface area contributed by atoms with E-state index in [2.05, 4.69) is 31.0 Å². The lowest BCUT2D eigenvalue weighted by molar-refractivity contribution is -0.151. The van der Waals surface area contributed by atoms with Gasteiger partial charge < -0.3 is 14.8 Å². The summed E-state index contributed by atoms with van der Waals surface area (Å²) in [5.41, 5.74) is -0.619. The Bertz CT molecular complexity index is 287. The van der Waals surface area contributed by atoms with Gasteiger partial charge in [0.05, 0.1) is 13.2 Å². The molecule has 2 unspecified atom stereocenters. The van der Waals surface area contributed by atoms with Crippen LogP contribution in [0.1, 0.15) is 47.5 Å². The van der Waals surface area contributed by atoms with Crippen LogP contribution < -0.4 is 5.32 Å². The first kappa shape index (κ1) is 20.3. The topological polar surface area (TPSA) is 50.8 Å². The second-order valence-electron chi connectivity index (χ2n) is 5.66. The van der Waals surface area contributed by atoms with E-state index in [1.165, 1.54) is 0 Å². The van der Waals surface area contributed by atoms with Crippen LogP contribution in [0, 0.1) is 0 Å². The molecule has 21 heavy (non-hydrogen) atoms. The van der Waals surface area contributed by atoms with Gasteiger partial charge in [-0.1, -0.05) is 13.8 Å². The van der Waals surface area contributed by atoms with Gasteiger partial charge in [0.25, 0.3) is 0 Å². The lowest BCUT2D eigenvalue weighted by atomic mass is 9.96. The number of ether oxygens (including phenoxy) is 2. The summed E-state index contributed by atoms with van der Waals surface area (Å²) in [6.45, 7) is 13.9. The first-order valence-electron chi connectivity index (χ1n) is 8.10. The van der Waals surface area contributed by atoms with E-state index in [1.54, 1.807) is 7.11 Å². The highest BCUT2D eigenvalue weighted by molar-refractivity contribution is 5.80. The molecule has 0 aromatic carbocycles. The summed E-state index contributed by atoms with van der Waals surface area (Å²) in [5, 5.41) is 3.35. The summed E-state index contributed by atoms with van der Waals surface area (Å²) in [5.74, 6) is -0.158. The molecule has 0 aliphatic heterocycles. The van der Waals surface area contributed by atoms with Crippen LogP contribution in [0.25, 0.3) is 0 Å². The molecule has 126 valence electrons. The number of likely N-dealkylation sites (N-methyl/N-ethyl adjacent to an activating group) is 1. The third-order valence-corrected chi connectivity index (χ3v) is 3.83. The zero-order valence-corrected chi connectivity index (χ0v) is 14.7. The van der Waals surface area contributed by atoms with Crippen molar-refractivity contribution in [3.8, 4) is 0 Å². The van der Waals surface area contributed by atoms with Crippen LogP contribution in [0.3, 0.4) is 0 Å². The van der Waals surface area contributed by atoms with Gasteiger partial charge in [0.15, 0.2) is 0 Å². The van der Waals surface area contributed by atoms with Crippen molar-refractivity contribution in [2.45, 2.75) is 59.0 Å². The highest BCUT2D eigenvalue weighted by Crippen LogP contribution is 2.15. The van der Waals surface area contributed by atoms with E-state index in [4.69, 9.17) is 9.47 Å². The lowest BCUT2D eigenvalue weighted by Crippen LogP contribution is -2.53. The second-order valence-corrected chi connectivity index (χ2v) is 5.66. The van der Waals surface area contributed by atoms with Crippen LogP contribution in [-0.4, -0.2) is 62.4 Å². The molecule has 0 aliphatic rings. The molecule has 0 saturated carbocycles. The number of rotatable bonds is 12. The van der Waals surface area contributed by atoms with E-state index in [0.29, 0.717) is 19.3 Å². The molecule has 0 aromatic rings. The van der Waals surface area contributed by atoms with Crippen molar-refractivity contribution in [1.29, 1.82) is 0 Å². The molecule has 0 amide bonds. The van der Waals surface area contributed by atoms with Crippen LogP contribution in [0.15, 0.2) is 0 Å². The number of nitrogens with one attached hydrogen (secondary N) is 1. The van der Waals surface area contributed by atoms with Gasteiger partial charge in [-0.15, -0.1) is 0 Å². The first-order valence-corrected chi connectivity index (χ1v) is 8.10. The summed E-state index contributed by atoms with van der Waals surface area (Å²) in [4.78, 5) is 14.6. The molecule has 0 spiro atoms. The van der Waals surface area contributed by atoms with E-state index in [9.17, 15) is 4.79 Å². The van der Waals surface area contributed by atoms with Gasteiger partial charge in [-0.25, -0.2) is 0 Å². The number of carbonyl (C=O) groups excluding carboxylic acids is 1. The molecule has 0 aromatic heterocycles. The average Bonchev–Trinajstić information content (AvgIpc) is 2.46. The van der Waals surface area contributed by atoms with Crippen molar-refractivity contribution in [2.24, 2.45) is 0 Å². The number of methoxy groups -OCH3 is 1. The molecule has 0 bridgehead atoms. The minimum atomic E-state index is -0.619. The number of hydrogen-bond acceptors (Lipinski definition) is 5. The van der Waals surface area contributed by atoms with Gasteiger partial charge in [0.2, 0.25) is 0 Å². The second kappa shape index (κ2) is 11.0. The van der Waals surface area contributed by atoms with E-state index in [-0.39, 0.29) is 5.97 Å². The molecule has 0 aliphatic carbocycles. The smallest absolute Gasteiger partial charge is 0.326 e. The highest BCUT2D eigenvalue weighted by atomic mass is 16.5. The Morgan fingerprint density at radius 2 is 2.00 bits per heavy atom. The van der Waals surface area contributed by atoms with Gasteiger partial charge >= 0.3 is 5.97 Å². The number of nitrogens with zero attached hydrogens (tertiary/aromatic N) is 1. The van der Waals surface area contributed by atoms with Gasteiger partial charge in [0.1, 0.15) is 5.54 Å². The van der Waals surface area contributed by atoms with Crippen molar-refractivity contribution in [3.05, 3.63) is 0 Å². The van der Waals surface area contributed by atoms with Crippen molar-refractivity contribution in [3.63, 3.8) is 0 Å². The molecule has 5 heteroatoms. The first-order chi connectivity index (χ1) is 9.95. The van der Waals surface area contributed by atoms with E-state index in [0.717, 1.165) is 32.5 Å². The standard InChI is InChI=1S/C16H34N2O3/c1-7-11-17-16(5,15(19)21-9-3)10-12-18(8-2)14(4)13-20-6/h14,17H,7-13H2,1-6H3. The highest BCUT2D eigenvalue weighted by Gasteiger charge is 2.34. The maximum atomic E-state index is 12.2. The maximum absolute atomic E-state index is 12.2. The molecule has 0 fully saturated rings. The zero-order valence-electron chi connectivity index (χ0n) is 14.7. The van der Waals surface area contributed by atoms with Gasteiger partial charge in [-0.2, -0.15) is 0 Å². The summed E-state index contributed by atoms with van der Waals surface area (Å²) in [6.07, 6.45) is 1.72. The van der Waals surface area contributed by atoms with E-state index >= 15 is 0 Å². The molecule has 1 N–H and O–H groups in total. The summed E-state index contributed by atoms with van der Waals surface area (Å²) < 4.78 is 10.5. The normalized spacial score (nSPS) is 15.8. The Labute approximate surface area is 130 Å². The minimum Gasteiger partial charge on any atom is -0.465 e. The Kier molecular flexibility index (Phi) is 10.6. The molecule has 2 atom stereocenters. The lowest BCUT2D eigenvalue weighted by Gasteiger charge is -2.33. The van der Waals surface area contributed by atoms with Crippen molar-refractivity contribution < 1.29 is 14.3 Å². The molecule has 0 saturated heterocycles. The summed E-state index contributed by atoms with van der Waals surface area (Å²) in [6, 6.07) is 0.345. The number of esters is 1. The van der Waals surface area contributed by atoms with Crippen molar-refractivity contribution in [1.82, 2.24) is 10.2 Å². The monoisotopic (exact) mass is 302 g/mol. The zero-order chi connectivity index (χ0) is 16.3. The largest absolute Gasteiger partial charge is 0.465 e. The van der Waals surface area contributed by atoms with Gasteiger partial charge in [-0.3, -0.25) is 9.69 Å². The SMILES string of the molecule is CCCNC(C)(CCN(CC)C(C)COC)C(=O)OCC. The van der Waals surface area contributed by atoms with Gasteiger partial charge in [-0.05, 0) is 46.7 Å². The third-order valence-electron chi connectivity index (χ3n) is 3.83. The number of carbonyl (C=O) groups is 1. The van der Waals surface area contributed by atoms with Crippen LogP contribution in [0.5, 0.6) is 0 Å². The predicted molar refractivity (Wildman–Crippen MR) is 86.5 cm³/mol. The van der Waals surface area contributed by atoms with Crippen LogP contribution in [0.2, 0.25) is 0 Å². The van der Waals surface area contributed by atoms with Crippen LogP contribution >= 0.6 is 0 Å². The van der Waals surface area contributed by atoms with Crippen molar-refractivity contribution >= 4 is 5.97 Å². The van der Waals surface area contributed by atoms with Crippen LogP contribution in [-0.2, 0) is 14.3 Å². The fourth-order valence-electron chi connectivity index (χ4n) is 2.36. The quantitative estimate of drug-likeness (QED) is 0.559. The average molecular weight is 302 g/mol. The van der Waals surface area contributed by atoms with E-state index < -0.39 is 5.54 Å². The predicted octanol–water partition coefficient (Wildman–Crippen LogP) is 2.05.